The first-order valence-corrected chi connectivity index (χ1v) is 5.79. The summed E-state index contributed by atoms with van der Waals surface area (Å²) in [5.41, 5.74) is 0.721. The number of carbonyl (C=O) groups excluding carboxylic acids is 1. The molecule has 5 heteroatoms. The highest BCUT2D eigenvalue weighted by molar-refractivity contribution is 6.12. The molecule has 16 heavy (non-hydrogen) atoms. The van der Waals surface area contributed by atoms with Gasteiger partial charge in [-0.3, -0.25) is 4.79 Å². The van der Waals surface area contributed by atoms with Crippen LogP contribution in [-0.4, -0.2) is 62.3 Å². The van der Waals surface area contributed by atoms with Crippen molar-refractivity contribution in [3.05, 3.63) is 0 Å². The van der Waals surface area contributed by atoms with E-state index in [2.05, 4.69) is 22.4 Å². The lowest BCUT2D eigenvalue weighted by atomic mass is 9.75. The van der Waals surface area contributed by atoms with Gasteiger partial charge in [-0.25, -0.2) is 5.01 Å². The van der Waals surface area contributed by atoms with Crippen molar-refractivity contribution in [1.29, 1.82) is 0 Å². The molecule has 0 aliphatic carbocycles. The first-order chi connectivity index (χ1) is 7.60. The number of nitrogens with zero attached hydrogens (tertiary/aromatic N) is 3. The first-order valence-electron chi connectivity index (χ1n) is 5.79. The maximum atomic E-state index is 12.3. The van der Waals surface area contributed by atoms with E-state index < -0.39 is 0 Å². The summed E-state index contributed by atoms with van der Waals surface area (Å²) in [4.78, 5) is 14.5. The fraction of sp³-hybridized carbons (Fsp3) is 0.818. The summed E-state index contributed by atoms with van der Waals surface area (Å²) in [6.07, 6.45) is 1.76. The van der Waals surface area contributed by atoms with E-state index in [1.54, 1.807) is 7.05 Å². The second-order valence-corrected chi connectivity index (χ2v) is 4.80. The molecule has 0 spiro atoms. The Morgan fingerprint density at radius 1 is 1.50 bits per heavy atom. The van der Waals surface area contributed by atoms with Gasteiger partial charge < -0.3 is 10.2 Å². The average molecular weight is 224 g/mol. The number of piperidine rings is 1. The van der Waals surface area contributed by atoms with Gasteiger partial charge in [0.25, 0.3) is 5.91 Å². The van der Waals surface area contributed by atoms with Gasteiger partial charge in [0, 0.05) is 26.6 Å². The van der Waals surface area contributed by atoms with Crippen molar-refractivity contribution < 1.29 is 4.79 Å². The fourth-order valence-corrected chi connectivity index (χ4v) is 2.71. The Morgan fingerprint density at radius 3 is 2.94 bits per heavy atom. The van der Waals surface area contributed by atoms with Crippen LogP contribution in [0, 0.1) is 5.41 Å². The Kier molecular flexibility index (Phi) is 2.99. The second kappa shape index (κ2) is 4.14. The number of carbonyl (C=O) groups is 1. The molecule has 5 nitrogen and oxygen atoms in total. The molecule has 2 heterocycles. The Hall–Kier alpha value is -0.940. The van der Waals surface area contributed by atoms with Gasteiger partial charge in [0.1, 0.15) is 5.41 Å². The molecule has 0 aromatic heterocycles. The molecule has 2 aliphatic heterocycles. The van der Waals surface area contributed by atoms with E-state index in [0.717, 1.165) is 38.2 Å². The van der Waals surface area contributed by atoms with Crippen LogP contribution in [0.4, 0.5) is 0 Å². The van der Waals surface area contributed by atoms with Crippen LogP contribution in [0.15, 0.2) is 5.10 Å². The van der Waals surface area contributed by atoms with E-state index in [1.165, 1.54) is 5.01 Å². The standard InChI is InChI=1S/C11H20N4O/c1-12-6-5-11-8-14(2)7-4-9(11)13-15(3)10(11)16/h12H,4-8H2,1-3H3. The minimum Gasteiger partial charge on any atom is -0.320 e. The molecule has 1 N–H and O–H groups in total. The predicted molar refractivity (Wildman–Crippen MR) is 63.3 cm³/mol. The maximum absolute atomic E-state index is 12.3. The first kappa shape index (κ1) is 11.5. The predicted octanol–water partition coefficient (Wildman–Crippen LogP) is -0.254. The highest BCUT2D eigenvalue weighted by atomic mass is 16.2. The molecule has 0 bridgehead atoms. The van der Waals surface area contributed by atoms with Crippen LogP contribution >= 0.6 is 0 Å². The van der Waals surface area contributed by atoms with Crippen molar-refractivity contribution in [3.8, 4) is 0 Å². The molecule has 2 rings (SSSR count). The van der Waals surface area contributed by atoms with Crippen LogP contribution in [0.3, 0.4) is 0 Å². The van der Waals surface area contributed by atoms with Crippen LogP contribution in [0.1, 0.15) is 12.8 Å². The highest BCUT2D eigenvalue weighted by Crippen LogP contribution is 2.37. The van der Waals surface area contributed by atoms with Gasteiger partial charge in [-0.15, -0.1) is 0 Å². The molecular formula is C11H20N4O. The van der Waals surface area contributed by atoms with Gasteiger partial charge in [0.15, 0.2) is 0 Å². The van der Waals surface area contributed by atoms with Crippen LogP contribution in [0.2, 0.25) is 0 Å². The summed E-state index contributed by atoms with van der Waals surface area (Å²) in [5.74, 6) is 0.157. The third-order valence-electron chi connectivity index (χ3n) is 3.60. The van der Waals surface area contributed by atoms with E-state index in [4.69, 9.17) is 0 Å². The smallest absolute Gasteiger partial charge is 0.255 e. The molecular weight excluding hydrogens is 204 g/mol. The average Bonchev–Trinajstić information content (AvgIpc) is 2.50. The van der Waals surface area contributed by atoms with E-state index in [1.807, 2.05) is 7.05 Å². The molecule has 2 aliphatic rings. The number of rotatable bonds is 3. The van der Waals surface area contributed by atoms with Crippen LogP contribution in [0.5, 0.6) is 0 Å². The minimum absolute atomic E-state index is 0.157. The van der Waals surface area contributed by atoms with Crippen molar-refractivity contribution in [2.24, 2.45) is 10.5 Å². The summed E-state index contributed by atoms with van der Waals surface area (Å²) in [7, 11) is 5.75. The fourth-order valence-electron chi connectivity index (χ4n) is 2.71. The van der Waals surface area contributed by atoms with E-state index >= 15 is 0 Å². The third-order valence-corrected chi connectivity index (χ3v) is 3.60. The van der Waals surface area contributed by atoms with E-state index in [9.17, 15) is 4.79 Å². The van der Waals surface area contributed by atoms with Gasteiger partial charge in [-0.05, 0) is 27.1 Å². The summed E-state index contributed by atoms with van der Waals surface area (Å²) in [5, 5.41) is 9.04. The van der Waals surface area contributed by atoms with Crippen LogP contribution < -0.4 is 5.32 Å². The van der Waals surface area contributed by atoms with Crippen LogP contribution in [-0.2, 0) is 4.79 Å². The van der Waals surface area contributed by atoms with Crippen molar-refractivity contribution in [2.75, 3.05) is 40.8 Å². The summed E-state index contributed by atoms with van der Waals surface area (Å²) >= 11 is 0. The summed E-state index contributed by atoms with van der Waals surface area (Å²) in [6.45, 7) is 2.66. The van der Waals surface area contributed by atoms with Gasteiger partial charge in [0.05, 0.1) is 5.71 Å². The minimum atomic E-state index is -0.356. The zero-order chi connectivity index (χ0) is 11.8. The lowest BCUT2D eigenvalue weighted by Gasteiger charge is -2.37. The molecule has 1 atom stereocenters. The number of hydrogen-bond donors (Lipinski definition) is 1. The molecule has 0 aromatic carbocycles. The number of amides is 1. The lowest BCUT2D eigenvalue weighted by molar-refractivity contribution is -0.136. The van der Waals surface area contributed by atoms with Crippen molar-refractivity contribution >= 4 is 11.6 Å². The lowest BCUT2D eigenvalue weighted by Crippen LogP contribution is -2.52. The quantitative estimate of drug-likeness (QED) is 0.719. The van der Waals surface area contributed by atoms with Gasteiger partial charge in [-0.1, -0.05) is 0 Å². The highest BCUT2D eigenvalue weighted by Gasteiger charge is 2.51. The monoisotopic (exact) mass is 224 g/mol. The topological polar surface area (TPSA) is 47.9 Å². The van der Waals surface area contributed by atoms with E-state index in [0.29, 0.717) is 0 Å². The number of nitrogens with one attached hydrogen (secondary N) is 1. The third kappa shape index (κ3) is 1.64. The molecule has 0 aromatic rings. The number of likely N-dealkylation sites (tertiary alicyclic amines) is 1. The zero-order valence-electron chi connectivity index (χ0n) is 10.3. The Bertz CT molecular complexity index is 328. The normalized spacial score (nSPS) is 30.6. The largest absolute Gasteiger partial charge is 0.320 e. The summed E-state index contributed by atoms with van der Waals surface area (Å²) in [6, 6.07) is 0. The molecule has 0 radical (unpaired) electrons. The van der Waals surface area contributed by atoms with Crippen molar-refractivity contribution in [1.82, 2.24) is 15.2 Å². The van der Waals surface area contributed by atoms with E-state index in [-0.39, 0.29) is 11.3 Å². The molecule has 1 fully saturated rings. The van der Waals surface area contributed by atoms with Gasteiger partial charge >= 0.3 is 0 Å². The Balaban J connectivity index is 2.26. The molecule has 1 unspecified atom stereocenters. The van der Waals surface area contributed by atoms with Gasteiger partial charge in [0.2, 0.25) is 0 Å². The Labute approximate surface area is 96.5 Å². The van der Waals surface area contributed by atoms with Crippen molar-refractivity contribution in [2.45, 2.75) is 12.8 Å². The molecule has 90 valence electrons. The number of hydrazone groups is 1. The number of hydrogen-bond acceptors (Lipinski definition) is 4. The second-order valence-electron chi connectivity index (χ2n) is 4.80. The van der Waals surface area contributed by atoms with Gasteiger partial charge in [-0.2, -0.15) is 5.10 Å². The van der Waals surface area contributed by atoms with Crippen LogP contribution in [0.25, 0.3) is 0 Å². The molecule has 1 saturated heterocycles. The van der Waals surface area contributed by atoms with Crippen molar-refractivity contribution in [3.63, 3.8) is 0 Å². The SMILES string of the molecule is CNCCC12CN(C)CCC1=NN(C)C2=O. The Morgan fingerprint density at radius 2 is 2.25 bits per heavy atom. The maximum Gasteiger partial charge on any atom is 0.255 e. The molecule has 1 amide bonds. The number of fused-ring (bicyclic) bond motifs is 1. The summed E-state index contributed by atoms with van der Waals surface area (Å²) < 4.78 is 0. The molecule has 0 saturated carbocycles. The zero-order valence-corrected chi connectivity index (χ0v) is 10.3.